The fraction of sp³-hybridized carbons (Fsp3) is 0.130. The molecule has 0 saturated carbocycles. The van der Waals surface area contributed by atoms with Crippen LogP contribution in [0.2, 0.25) is 0 Å². The van der Waals surface area contributed by atoms with Gasteiger partial charge in [0.05, 0.1) is 0 Å². The van der Waals surface area contributed by atoms with Gasteiger partial charge < -0.3 is 4.98 Å². The Hall–Kier alpha value is -2.10. The molecule has 4 aromatic rings. The number of benzene rings is 3. The molecule has 0 fully saturated rings. The van der Waals surface area contributed by atoms with Crippen molar-refractivity contribution in [2.45, 2.75) is 18.2 Å². The molecule has 0 aliphatic carbocycles. The third-order valence-corrected chi connectivity index (χ3v) is 5.55. The molecule has 0 radical (unpaired) electrons. The number of hydrogen-bond acceptors (Lipinski definition) is 1. The van der Waals surface area contributed by atoms with E-state index >= 15 is 0 Å². The van der Waals surface area contributed by atoms with E-state index in [2.05, 4.69) is 90.8 Å². The van der Waals surface area contributed by atoms with Crippen molar-refractivity contribution in [1.29, 1.82) is 0 Å². The quantitative estimate of drug-likeness (QED) is 0.366. The predicted molar refractivity (Wildman–Crippen MR) is 121 cm³/mol. The van der Waals surface area contributed by atoms with E-state index in [0.29, 0.717) is 0 Å². The topological polar surface area (TPSA) is 15.8 Å². The highest BCUT2D eigenvalue weighted by molar-refractivity contribution is 7.99. The Morgan fingerprint density at radius 2 is 1.54 bits per heavy atom. The Morgan fingerprint density at radius 3 is 2.35 bits per heavy atom. The van der Waals surface area contributed by atoms with Crippen molar-refractivity contribution < 1.29 is 0 Å². The van der Waals surface area contributed by atoms with E-state index in [1.54, 1.807) is 0 Å². The summed E-state index contributed by atoms with van der Waals surface area (Å²) < 4.78 is 0. The molecule has 0 amide bonds. The van der Waals surface area contributed by atoms with Crippen LogP contribution in [-0.2, 0) is 0 Å². The molecule has 3 aromatic carbocycles. The number of H-pyrrole nitrogens is 1. The molecule has 0 unspecified atom stereocenters. The lowest BCUT2D eigenvalue weighted by molar-refractivity contribution is 1.10. The fourth-order valence-electron chi connectivity index (χ4n) is 3.07. The second kappa shape index (κ2) is 8.52. The third kappa shape index (κ3) is 4.00. The van der Waals surface area contributed by atoms with Crippen molar-refractivity contribution in [1.82, 2.24) is 4.98 Å². The molecule has 4 rings (SSSR count). The summed E-state index contributed by atoms with van der Waals surface area (Å²) in [5.41, 5.74) is 6.08. The number of aromatic amines is 1. The Labute approximate surface area is 166 Å². The summed E-state index contributed by atoms with van der Waals surface area (Å²) in [6.07, 6.45) is 1.20. The molecule has 1 nitrogen and oxygen atoms in total. The van der Waals surface area contributed by atoms with Crippen molar-refractivity contribution in [2.75, 3.05) is 5.75 Å². The first-order chi connectivity index (χ1) is 12.3. The second-order valence-corrected chi connectivity index (χ2v) is 7.40. The summed E-state index contributed by atoms with van der Waals surface area (Å²) in [6.45, 7) is 2.22. The highest BCUT2D eigenvalue weighted by Crippen LogP contribution is 2.30. The molecule has 1 aromatic heterocycles. The van der Waals surface area contributed by atoms with Crippen molar-refractivity contribution in [3.63, 3.8) is 0 Å². The van der Waals surface area contributed by atoms with E-state index in [1.807, 2.05) is 11.8 Å². The van der Waals surface area contributed by atoms with Crippen LogP contribution in [0.25, 0.3) is 33.3 Å². The van der Waals surface area contributed by atoms with E-state index in [-0.39, 0.29) is 13.5 Å². The van der Waals surface area contributed by atoms with Crippen molar-refractivity contribution in [3.8, 4) is 22.4 Å². The maximum atomic E-state index is 3.56. The number of fused-ring (bicyclic) bond motifs is 1. The number of nitrogens with one attached hydrogen (secondary N) is 1. The van der Waals surface area contributed by atoms with Crippen LogP contribution < -0.4 is 0 Å². The van der Waals surface area contributed by atoms with Gasteiger partial charge in [-0.25, -0.2) is 0 Å². The third-order valence-electron chi connectivity index (χ3n) is 4.35. The molecule has 0 spiro atoms. The van der Waals surface area contributed by atoms with Gasteiger partial charge in [0, 0.05) is 21.5 Å². The monoisotopic (exact) mass is 377 g/mol. The van der Waals surface area contributed by atoms with E-state index in [9.17, 15) is 0 Å². The molecule has 0 aliphatic rings. The number of rotatable bonds is 5. The molecule has 3 heteroatoms. The molecule has 0 atom stereocenters. The first kappa shape index (κ1) is 18.7. The maximum Gasteiger partial charge on any atom is 0.0465 e. The number of aromatic nitrogens is 1. The standard InChI is InChI=1S/C23H21NS.H2S/c1-2-13-25-21-11-12-22-20(15-21)16-23(24-22)19-10-6-9-18(14-19)17-7-4-3-5-8-17;/h3-12,14-16,24H,2,13H2,1H3;1H2. The van der Waals surface area contributed by atoms with Gasteiger partial charge in [0.15, 0.2) is 0 Å². The lowest BCUT2D eigenvalue weighted by atomic mass is 10.0. The van der Waals surface area contributed by atoms with Crippen LogP contribution in [0.1, 0.15) is 13.3 Å². The van der Waals surface area contributed by atoms with Gasteiger partial charge in [-0.05, 0) is 59.2 Å². The lowest BCUT2D eigenvalue weighted by Gasteiger charge is -2.04. The maximum absolute atomic E-state index is 3.56. The molecule has 1 N–H and O–H groups in total. The van der Waals surface area contributed by atoms with Gasteiger partial charge in [-0.3, -0.25) is 0 Å². The number of thioether (sulfide) groups is 1. The highest BCUT2D eigenvalue weighted by Gasteiger charge is 2.06. The van der Waals surface area contributed by atoms with E-state index in [4.69, 9.17) is 0 Å². The lowest BCUT2D eigenvalue weighted by Crippen LogP contribution is -1.81. The van der Waals surface area contributed by atoms with Gasteiger partial charge in [0.2, 0.25) is 0 Å². The van der Waals surface area contributed by atoms with Gasteiger partial charge in [-0.1, -0.05) is 55.5 Å². The number of hydrogen-bond donors (Lipinski definition) is 1. The first-order valence-electron chi connectivity index (χ1n) is 8.75. The summed E-state index contributed by atoms with van der Waals surface area (Å²) in [5.74, 6) is 1.17. The zero-order valence-corrected chi connectivity index (χ0v) is 16.6. The summed E-state index contributed by atoms with van der Waals surface area (Å²) in [5, 5.41) is 1.28. The Balaban J connectivity index is 0.00000196. The molecule has 1 heterocycles. The summed E-state index contributed by atoms with van der Waals surface area (Å²) in [4.78, 5) is 4.91. The van der Waals surface area contributed by atoms with Gasteiger partial charge in [0.1, 0.15) is 0 Å². The van der Waals surface area contributed by atoms with Crippen molar-refractivity contribution >= 4 is 36.2 Å². The minimum Gasteiger partial charge on any atom is -0.355 e. The molecule has 0 saturated heterocycles. The minimum atomic E-state index is 0. The molecular weight excluding hydrogens is 354 g/mol. The average molecular weight is 378 g/mol. The Morgan fingerprint density at radius 1 is 0.769 bits per heavy atom. The predicted octanol–water partition coefficient (Wildman–Crippen LogP) is 7.12. The SMILES string of the molecule is CCCSc1ccc2[nH]c(-c3cccc(-c4ccccc4)c3)cc2c1.S. The summed E-state index contributed by atoms with van der Waals surface area (Å²) in [6, 6.07) is 28.2. The van der Waals surface area contributed by atoms with E-state index in [1.165, 1.54) is 50.4 Å². The molecule has 0 bridgehead atoms. The van der Waals surface area contributed by atoms with Crippen LogP contribution in [0, 0.1) is 0 Å². The molecule has 132 valence electrons. The Kier molecular flexibility index (Phi) is 6.12. The Bertz CT molecular complexity index is 989. The van der Waals surface area contributed by atoms with Crippen LogP contribution in [0.4, 0.5) is 0 Å². The fourth-order valence-corrected chi connectivity index (χ4v) is 3.89. The highest BCUT2D eigenvalue weighted by atomic mass is 32.2. The summed E-state index contributed by atoms with van der Waals surface area (Å²) >= 11 is 1.93. The minimum absolute atomic E-state index is 0. The van der Waals surface area contributed by atoms with Crippen LogP contribution in [0.3, 0.4) is 0 Å². The van der Waals surface area contributed by atoms with Gasteiger partial charge in [0.25, 0.3) is 0 Å². The summed E-state index contributed by atoms with van der Waals surface area (Å²) in [7, 11) is 0. The molecular formula is C23H23NS2. The van der Waals surface area contributed by atoms with Gasteiger partial charge in [-0.15, -0.1) is 11.8 Å². The van der Waals surface area contributed by atoms with Crippen LogP contribution >= 0.6 is 25.3 Å². The van der Waals surface area contributed by atoms with Crippen LogP contribution in [-0.4, -0.2) is 10.7 Å². The van der Waals surface area contributed by atoms with E-state index in [0.717, 1.165) is 0 Å². The zero-order valence-electron chi connectivity index (χ0n) is 14.8. The smallest absolute Gasteiger partial charge is 0.0465 e. The van der Waals surface area contributed by atoms with Gasteiger partial charge in [-0.2, -0.15) is 13.5 Å². The van der Waals surface area contributed by atoms with Crippen LogP contribution in [0.5, 0.6) is 0 Å². The zero-order chi connectivity index (χ0) is 17.1. The van der Waals surface area contributed by atoms with Crippen molar-refractivity contribution in [2.24, 2.45) is 0 Å². The van der Waals surface area contributed by atoms with Crippen molar-refractivity contribution in [3.05, 3.63) is 78.9 Å². The van der Waals surface area contributed by atoms with Crippen LogP contribution in [0.15, 0.2) is 83.8 Å². The normalized spacial score (nSPS) is 10.7. The first-order valence-corrected chi connectivity index (χ1v) is 9.73. The second-order valence-electron chi connectivity index (χ2n) is 6.23. The van der Waals surface area contributed by atoms with Gasteiger partial charge >= 0.3 is 0 Å². The average Bonchev–Trinajstić information content (AvgIpc) is 3.10. The largest absolute Gasteiger partial charge is 0.355 e. The molecule has 0 aliphatic heterocycles. The molecule has 26 heavy (non-hydrogen) atoms. The van der Waals surface area contributed by atoms with E-state index < -0.39 is 0 Å².